The molecule has 0 bridgehead atoms. The summed E-state index contributed by atoms with van der Waals surface area (Å²) in [5.74, 6) is 0.704. The van der Waals surface area contributed by atoms with E-state index in [0.717, 1.165) is 12.8 Å². The summed E-state index contributed by atoms with van der Waals surface area (Å²) in [4.78, 5) is 12.2. The third-order valence-electron chi connectivity index (χ3n) is 5.03. The molecule has 0 atom stereocenters. The van der Waals surface area contributed by atoms with Gasteiger partial charge in [0.1, 0.15) is 6.61 Å². The van der Waals surface area contributed by atoms with Crippen LogP contribution in [0.25, 0.3) is 0 Å². The average Bonchev–Trinajstić information content (AvgIpc) is 2.63. The maximum absolute atomic E-state index is 12.2. The second-order valence-electron chi connectivity index (χ2n) is 12.2. The van der Waals surface area contributed by atoms with Crippen molar-refractivity contribution >= 4 is 5.97 Å². The lowest BCUT2D eigenvalue weighted by Gasteiger charge is -2.42. The highest BCUT2D eigenvalue weighted by Gasteiger charge is 2.37. The standard InChI is InChI=1S/C28H48O6/c1-12-31-24(29)21-13-14-22(32-16-15-30-11)23(17-21)33-20-26(5,6)19-28(9,10)34-27(7,8)18-25(2,3)4/h13-14,17H,12,15-16,18-20H2,1-11H3. The number of hydrogen-bond donors (Lipinski definition) is 0. The Morgan fingerprint density at radius 3 is 2.00 bits per heavy atom. The van der Waals surface area contributed by atoms with E-state index in [4.69, 9.17) is 23.7 Å². The number of hydrogen-bond acceptors (Lipinski definition) is 6. The van der Waals surface area contributed by atoms with Gasteiger partial charge in [-0.25, -0.2) is 4.79 Å². The molecule has 0 N–H and O–H groups in total. The van der Waals surface area contributed by atoms with Crippen LogP contribution in [0.5, 0.6) is 11.5 Å². The summed E-state index contributed by atoms with van der Waals surface area (Å²) in [6.07, 6.45) is 1.76. The fourth-order valence-electron chi connectivity index (χ4n) is 4.89. The van der Waals surface area contributed by atoms with E-state index in [2.05, 4.69) is 62.3 Å². The second-order valence-corrected chi connectivity index (χ2v) is 12.2. The zero-order valence-electron chi connectivity index (χ0n) is 23.4. The van der Waals surface area contributed by atoms with Crippen molar-refractivity contribution in [3.63, 3.8) is 0 Å². The van der Waals surface area contributed by atoms with Gasteiger partial charge in [0, 0.05) is 12.5 Å². The van der Waals surface area contributed by atoms with E-state index >= 15 is 0 Å². The van der Waals surface area contributed by atoms with E-state index in [0.29, 0.717) is 43.5 Å². The van der Waals surface area contributed by atoms with Crippen LogP contribution < -0.4 is 9.47 Å². The molecule has 0 spiro atoms. The molecule has 0 radical (unpaired) electrons. The molecule has 1 rings (SSSR count). The fourth-order valence-corrected chi connectivity index (χ4v) is 4.89. The highest BCUT2D eigenvalue weighted by molar-refractivity contribution is 5.90. The Morgan fingerprint density at radius 2 is 1.44 bits per heavy atom. The first-order valence-electron chi connectivity index (χ1n) is 12.3. The van der Waals surface area contributed by atoms with Crippen LogP contribution in [0.15, 0.2) is 18.2 Å². The largest absolute Gasteiger partial charge is 0.489 e. The predicted octanol–water partition coefficient (Wildman–Crippen LogP) is 6.69. The highest BCUT2D eigenvalue weighted by Crippen LogP contribution is 2.38. The van der Waals surface area contributed by atoms with E-state index in [1.807, 2.05) is 0 Å². The van der Waals surface area contributed by atoms with Crippen LogP contribution in [0.4, 0.5) is 0 Å². The number of carbonyl (C=O) groups is 1. The van der Waals surface area contributed by atoms with Crippen LogP contribution >= 0.6 is 0 Å². The SMILES string of the molecule is CCOC(=O)c1ccc(OCCOC)c(OCC(C)(C)CC(C)(C)OC(C)(C)CC(C)(C)C)c1. The molecule has 0 heterocycles. The maximum atomic E-state index is 12.2. The lowest BCUT2D eigenvalue weighted by molar-refractivity contribution is -0.152. The van der Waals surface area contributed by atoms with Gasteiger partial charge in [-0.15, -0.1) is 0 Å². The normalized spacial score (nSPS) is 13.0. The Balaban J connectivity index is 2.96. The monoisotopic (exact) mass is 480 g/mol. The Kier molecular flexibility index (Phi) is 10.9. The molecule has 1 aromatic carbocycles. The van der Waals surface area contributed by atoms with Crippen molar-refractivity contribution in [2.24, 2.45) is 10.8 Å². The molecule has 0 aliphatic rings. The molecule has 196 valence electrons. The van der Waals surface area contributed by atoms with Gasteiger partial charge in [0.05, 0.1) is 36.6 Å². The fraction of sp³-hybridized carbons (Fsp3) is 0.750. The van der Waals surface area contributed by atoms with Crippen molar-refractivity contribution < 1.29 is 28.5 Å². The molecule has 6 heteroatoms. The number of ether oxygens (including phenoxy) is 5. The van der Waals surface area contributed by atoms with E-state index in [1.54, 1.807) is 32.2 Å². The summed E-state index contributed by atoms with van der Waals surface area (Å²) in [5, 5.41) is 0. The van der Waals surface area contributed by atoms with Crippen molar-refractivity contribution in [2.75, 3.05) is 33.5 Å². The molecule has 6 nitrogen and oxygen atoms in total. The van der Waals surface area contributed by atoms with Crippen LogP contribution in [0.2, 0.25) is 0 Å². The Hall–Kier alpha value is -1.79. The van der Waals surface area contributed by atoms with E-state index in [-0.39, 0.29) is 28.0 Å². The molecule has 0 aliphatic carbocycles. The summed E-state index contributed by atoms with van der Waals surface area (Å²) in [5.41, 5.74) is -0.158. The molecule has 0 aromatic heterocycles. The molecule has 0 saturated heterocycles. The van der Waals surface area contributed by atoms with Gasteiger partial charge in [0.2, 0.25) is 0 Å². The third-order valence-corrected chi connectivity index (χ3v) is 5.03. The molecule has 34 heavy (non-hydrogen) atoms. The molecule has 0 unspecified atom stereocenters. The van der Waals surface area contributed by atoms with E-state index < -0.39 is 0 Å². The molecule has 0 saturated carbocycles. The number of benzene rings is 1. The maximum Gasteiger partial charge on any atom is 0.338 e. The van der Waals surface area contributed by atoms with Gasteiger partial charge >= 0.3 is 5.97 Å². The number of methoxy groups -OCH3 is 1. The molecule has 0 aliphatic heterocycles. The summed E-state index contributed by atoms with van der Waals surface area (Å²) >= 11 is 0. The molecular formula is C28H48O6. The Morgan fingerprint density at radius 1 is 0.824 bits per heavy atom. The zero-order chi connectivity index (χ0) is 26.2. The molecule has 1 aromatic rings. The van der Waals surface area contributed by atoms with Gasteiger partial charge in [-0.05, 0) is 71.1 Å². The van der Waals surface area contributed by atoms with Crippen LogP contribution in [0.1, 0.15) is 92.4 Å². The minimum atomic E-state index is -0.384. The van der Waals surface area contributed by atoms with Crippen LogP contribution in [0, 0.1) is 10.8 Å². The summed E-state index contributed by atoms with van der Waals surface area (Å²) in [6, 6.07) is 5.11. The minimum absolute atomic E-state index is 0.182. The smallest absolute Gasteiger partial charge is 0.338 e. The molecule has 0 fully saturated rings. The number of carbonyl (C=O) groups excluding carboxylic acids is 1. The average molecular weight is 481 g/mol. The lowest BCUT2D eigenvalue weighted by atomic mass is 9.80. The lowest BCUT2D eigenvalue weighted by Crippen LogP contribution is -2.43. The van der Waals surface area contributed by atoms with E-state index in [9.17, 15) is 4.79 Å². The quantitative estimate of drug-likeness (QED) is 0.218. The first-order chi connectivity index (χ1) is 15.5. The predicted molar refractivity (Wildman–Crippen MR) is 137 cm³/mol. The summed E-state index contributed by atoms with van der Waals surface area (Å²) in [6.45, 7) is 23.0. The van der Waals surface area contributed by atoms with Crippen molar-refractivity contribution in [1.82, 2.24) is 0 Å². The van der Waals surface area contributed by atoms with Gasteiger partial charge in [0.25, 0.3) is 0 Å². The third kappa shape index (κ3) is 11.6. The minimum Gasteiger partial charge on any atom is -0.489 e. The first-order valence-corrected chi connectivity index (χ1v) is 12.3. The highest BCUT2D eigenvalue weighted by atomic mass is 16.5. The van der Waals surface area contributed by atoms with Gasteiger partial charge < -0.3 is 23.7 Å². The van der Waals surface area contributed by atoms with Crippen molar-refractivity contribution in [3.8, 4) is 11.5 Å². The van der Waals surface area contributed by atoms with Gasteiger partial charge in [0.15, 0.2) is 11.5 Å². The number of esters is 1. The number of rotatable bonds is 14. The van der Waals surface area contributed by atoms with Gasteiger partial charge in [-0.2, -0.15) is 0 Å². The Bertz CT molecular complexity index is 774. The van der Waals surface area contributed by atoms with Crippen LogP contribution in [-0.4, -0.2) is 50.7 Å². The van der Waals surface area contributed by atoms with Crippen molar-refractivity contribution in [3.05, 3.63) is 23.8 Å². The van der Waals surface area contributed by atoms with Crippen LogP contribution in [-0.2, 0) is 14.2 Å². The Labute approximate surface area is 207 Å². The zero-order valence-corrected chi connectivity index (χ0v) is 23.4. The van der Waals surface area contributed by atoms with Crippen molar-refractivity contribution in [2.45, 2.75) is 93.3 Å². The van der Waals surface area contributed by atoms with Crippen LogP contribution in [0.3, 0.4) is 0 Å². The summed E-state index contributed by atoms with van der Waals surface area (Å²) in [7, 11) is 1.62. The van der Waals surface area contributed by atoms with Crippen molar-refractivity contribution in [1.29, 1.82) is 0 Å². The second kappa shape index (κ2) is 12.3. The summed E-state index contributed by atoms with van der Waals surface area (Å²) < 4.78 is 28.9. The van der Waals surface area contributed by atoms with E-state index in [1.165, 1.54) is 0 Å². The van der Waals surface area contributed by atoms with Gasteiger partial charge in [-0.1, -0.05) is 34.6 Å². The topological polar surface area (TPSA) is 63.2 Å². The van der Waals surface area contributed by atoms with Gasteiger partial charge in [-0.3, -0.25) is 0 Å². The molecule has 0 amide bonds. The first kappa shape index (κ1) is 30.2. The molecular weight excluding hydrogens is 432 g/mol.